The van der Waals surface area contributed by atoms with Gasteiger partial charge in [0.1, 0.15) is 11.7 Å². The normalized spacial score (nSPS) is 19.6. The van der Waals surface area contributed by atoms with Gasteiger partial charge in [0.2, 0.25) is 0 Å². The molecule has 0 spiro atoms. The van der Waals surface area contributed by atoms with E-state index in [0.29, 0.717) is 0 Å². The zero-order valence-electron chi connectivity index (χ0n) is 15.9. The molecule has 0 bridgehead atoms. The molecule has 1 aliphatic rings. The lowest BCUT2D eigenvalue weighted by Crippen LogP contribution is -2.38. The average Bonchev–Trinajstić information content (AvgIpc) is 2.68. The van der Waals surface area contributed by atoms with E-state index in [9.17, 15) is 14.9 Å². The van der Waals surface area contributed by atoms with Gasteiger partial charge in [-0.25, -0.2) is 0 Å². The Morgan fingerprint density at radius 3 is 2.26 bits per heavy atom. The molecule has 1 heterocycles. The largest absolute Gasteiger partial charge is 0.426 e. The molecule has 2 rings (SSSR count). The summed E-state index contributed by atoms with van der Waals surface area (Å²) in [5.41, 5.74) is -0.0488. The van der Waals surface area contributed by atoms with Crippen molar-refractivity contribution in [1.29, 1.82) is 0 Å². The van der Waals surface area contributed by atoms with Crippen molar-refractivity contribution in [2.24, 2.45) is 5.92 Å². The lowest BCUT2D eigenvalue weighted by Gasteiger charge is -2.28. The second-order valence-corrected chi connectivity index (χ2v) is 6.88. The molecule has 7 heteroatoms. The molecule has 1 aromatic rings. The van der Waals surface area contributed by atoms with Gasteiger partial charge >= 0.3 is 5.97 Å². The van der Waals surface area contributed by atoms with E-state index in [2.05, 4.69) is 6.92 Å². The highest BCUT2D eigenvalue weighted by Gasteiger charge is 2.29. The number of carbonyl (C=O) groups is 1. The zero-order valence-corrected chi connectivity index (χ0v) is 15.9. The number of hydrogen-bond acceptors (Lipinski definition) is 6. The summed E-state index contributed by atoms with van der Waals surface area (Å²) >= 11 is 0. The molecule has 0 unspecified atom stereocenters. The molecule has 0 radical (unpaired) electrons. The molecular formula is C20H29NO6. The third-order valence-corrected chi connectivity index (χ3v) is 4.61. The molecule has 0 aliphatic carbocycles. The Bertz CT molecular complexity index is 581. The smallest absolute Gasteiger partial charge is 0.319 e. The van der Waals surface area contributed by atoms with Crippen LogP contribution in [0.4, 0.5) is 5.69 Å². The summed E-state index contributed by atoms with van der Waals surface area (Å²) in [7, 11) is 0. The van der Waals surface area contributed by atoms with Crippen LogP contribution in [0, 0.1) is 16.0 Å². The first-order chi connectivity index (χ1) is 13.1. The highest BCUT2D eigenvalue weighted by Crippen LogP contribution is 2.21. The molecule has 1 saturated heterocycles. The number of ether oxygens (including phenoxy) is 3. The van der Waals surface area contributed by atoms with Gasteiger partial charge in [0.05, 0.1) is 18.1 Å². The number of benzene rings is 1. The van der Waals surface area contributed by atoms with Crippen molar-refractivity contribution in [2.45, 2.75) is 64.6 Å². The first-order valence-corrected chi connectivity index (χ1v) is 9.79. The van der Waals surface area contributed by atoms with Gasteiger partial charge in [-0.05, 0) is 25.0 Å². The maximum absolute atomic E-state index is 12.2. The Labute approximate surface area is 160 Å². The topological polar surface area (TPSA) is 87.9 Å². The standard InChI is InChI=1S/C20H29NO6/c1-2-3-4-5-6-7-8-9-19-25-14-16(15-26-19)20(22)27-18-12-10-17(11-13-18)21(23)24/h10-13,16,19H,2-9,14-15H2,1H3. The number of rotatable bonds is 11. The molecule has 7 nitrogen and oxygen atoms in total. The summed E-state index contributed by atoms with van der Waals surface area (Å²) in [5, 5.41) is 10.6. The van der Waals surface area contributed by atoms with Gasteiger partial charge in [-0.15, -0.1) is 0 Å². The van der Waals surface area contributed by atoms with Crippen molar-refractivity contribution in [3.05, 3.63) is 34.4 Å². The van der Waals surface area contributed by atoms with Crippen LogP contribution in [0.2, 0.25) is 0 Å². The van der Waals surface area contributed by atoms with Crippen LogP contribution in [-0.2, 0) is 14.3 Å². The van der Waals surface area contributed by atoms with E-state index in [1.54, 1.807) is 0 Å². The molecule has 150 valence electrons. The van der Waals surface area contributed by atoms with Gasteiger partial charge in [0, 0.05) is 12.1 Å². The SMILES string of the molecule is CCCCCCCCCC1OCC(C(=O)Oc2ccc([N+](=O)[O-])cc2)CO1. The average molecular weight is 379 g/mol. The van der Waals surface area contributed by atoms with Crippen LogP contribution in [-0.4, -0.2) is 30.4 Å². The minimum atomic E-state index is -0.500. The predicted molar refractivity (Wildman–Crippen MR) is 101 cm³/mol. The van der Waals surface area contributed by atoms with E-state index < -0.39 is 16.8 Å². The van der Waals surface area contributed by atoms with E-state index in [-0.39, 0.29) is 30.9 Å². The fourth-order valence-corrected chi connectivity index (χ4v) is 2.95. The van der Waals surface area contributed by atoms with Crippen molar-refractivity contribution < 1.29 is 23.9 Å². The first kappa shape index (κ1) is 21.3. The second-order valence-electron chi connectivity index (χ2n) is 6.88. The molecule has 0 aromatic heterocycles. The maximum atomic E-state index is 12.2. The summed E-state index contributed by atoms with van der Waals surface area (Å²) in [5.74, 6) is -0.653. The quantitative estimate of drug-likeness (QED) is 0.183. The number of esters is 1. The summed E-state index contributed by atoms with van der Waals surface area (Å²) in [4.78, 5) is 22.3. The van der Waals surface area contributed by atoms with Crippen molar-refractivity contribution in [3.8, 4) is 5.75 Å². The lowest BCUT2D eigenvalue weighted by atomic mass is 10.1. The predicted octanol–water partition coefficient (Wildman–Crippen LogP) is 4.63. The molecule has 27 heavy (non-hydrogen) atoms. The highest BCUT2D eigenvalue weighted by atomic mass is 16.7. The van der Waals surface area contributed by atoms with Crippen LogP contribution in [0.1, 0.15) is 58.3 Å². The molecule has 1 aliphatic heterocycles. The van der Waals surface area contributed by atoms with Crippen LogP contribution in [0.25, 0.3) is 0 Å². The van der Waals surface area contributed by atoms with E-state index in [1.165, 1.54) is 62.8 Å². The third kappa shape index (κ3) is 7.64. The minimum Gasteiger partial charge on any atom is -0.426 e. The summed E-state index contributed by atoms with van der Waals surface area (Å²) in [6, 6.07) is 5.41. The first-order valence-electron chi connectivity index (χ1n) is 9.79. The molecule has 1 aromatic carbocycles. The molecule has 0 saturated carbocycles. The second kappa shape index (κ2) is 11.7. The minimum absolute atomic E-state index is 0.0488. The highest BCUT2D eigenvalue weighted by molar-refractivity contribution is 5.75. The van der Waals surface area contributed by atoms with Gasteiger partial charge in [-0.3, -0.25) is 14.9 Å². The van der Waals surface area contributed by atoms with Gasteiger partial charge in [-0.1, -0.05) is 45.4 Å². The number of carbonyl (C=O) groups excluding carboxylic acids is 1. The summed E-state index contributed by atoms with van der Waals surface area (Å²) < 4.78 is 16.5. The Morgan fingerprint density at radius 1 is 1.07 bits per heavy atom. The number of nitro groups is 1. The molecule has 1 fully saturated rings. The Hall–Kier alpha value is -1.99. The van der Waals surface area contributed by atoms with Crippen molar-refractivity contribution in [1.82, 2.24) is 0 Å². The van der Waals surface area contributed by atoms with E-state index in [0.717, 1.165) is 12.8 Å². The number of nitrogens with zero attached hydrogens (tertiary/aromatic N) is 1. The lowest BCUT2D eigenvalue weighted by molar-refractivity contribution is -0.384. The Kier molecular flexibility index (Phi) is 9.21. The fourth-order valence-electron chi connectivity index (χ4n) is 2.95. The van der Waals surface area contributed by atoms with Gasteiger partial charge in [0.15, 0.2) is 6.29 Å². The Balaban J connectivity index is 1.61. The number of nitro benzene ring substituents is 1. The zero-order chi connectivity index (χ0) is 19.5. The van der Waals surface area contributed by atoms with Gasteiger partial charge < -0.3 is 14.2 Å². The van der Waals surface area contributed by atoms with E-state index in [4.69, 9.17) is 14.2 Å². The third-order valence-electron chi connectivity index (χ3n) is 4.61. The monoisotopic (exact) mass is 379 g/mol. The van der Waals surface area contributed by atoms with Crippen LogP contribution >= 0.6 is 0 Å². The van der Waals surface area contributed by atoms with Crippen LogP contribution < -0.4 is 4.74 Å². The fraction of sp³-hybridized carbons (Fsp3) is 0.650. The number of non-ortho nitro benzene ring substituents is 1. The van der Waals surface area contributed by atoms with Crippen molar-refractivity contribution >= 4 is 11.7 Å². The molecular weight excluding hydrogens is 350 g/mol. The van der Waals surface area contributed by atoms with Gasteiger partial charge in [-0.2, -0.15) is 0 Å². The van der Waals surface area contributed by atoms with E-state index >= 15 is 0 Å². The van der Waals surface area contributed by atoms with E-state index in [1.807, 2.05) is 0 Å². The van der Waals surface area contributed by atoms with Crippen LogP contribution in [0.15, 0.2) is 24.3 Å². The number of hydrogen-bond donors (Lipinski definition) is 0. The van der Waals surface area contributed by atoms with Crippen LogP contribution in [0.3, 0.4) is 0 Å². The molecule has 0 amide bonds. The maximum Gasteiger partial charge on any atom is 0.319 e. The van der Waals surface area contributed by atoms with Crippen molar-refractivity contribution in [3.63, 3.8) is 0 Å². The summed E-state index contributed by atoms with van der Waals surface area (Å²) in [6.07, 6.45) is 9.26. The van der Waals surface area contributed by atoms with Crippen molar-refractivity contribution in [2.75, 3.05) is 13.2 Å². The van der Waals surface area contributed by atoms with Crippen LogP contribution in [0.5, 0.6) is 5.75 Å². The van der Waals surface area contributed by atoms with Gasteiger partial charge in [0.25, 0.3) is 5.69 Å². The molecule has 0 atom stereocenters. The molecule has 0 N–H and O–H groups in total. The Morgan fingerprint density at radius 2 is 1.67 bits per heavy atom. The summed E-state index contributed by atoms with van der Waals surface area (Å²) in [6.45, 7) is 2.76. The number of unbranched alkanes of at least 4 members (excludes halogenated alkanes) is 6.